The molecule has 1 aliphatic rings. The van der Waals surface area contributed by atoms with Gasteiger partial charge in [0.15, 0.2) is 0 Å². The van der Waals surface area contributed by atoms with Crippen LogP contribution in [0.3, 0.4) is 0 Å². The van der Waals surface area contributed by atoms with Crippen molar-refractivity contribution in [3.63, 3.8) is 0 Å². The van der Waals surface area contributed by atoms with Crippen LogP contribution in [0.15, 0.2) is 30.3 Å². The van der Waals surface area contributed by atoms with E-state index in [1.165, 1.54) is 0 Å². The number of anilines is 1. The molecule has 1 heterocycles. The molecule has 1 fully saturated rings. The largest absolute Gasteiger partial charge is 0.376 e. The van der Waals surface area contributed by atoms with Crippen LogP contribution in [0.2, 0.25) is 0 Å². The highest BCUT2D eigenvalue weighted by Gasteiger charge is 2.20. The molecule has 0 unspecified atom stereocenters. The lowest BCUT2D eigenvalue weighted by Crippen LogP contribution is -2.50. The molecule has 5 nitrogen and oxygen atoms in total. The van der Waals surface area contributed by atoms with Crippen molar-refractivity contribution in [1.29, 1.82) is 5.26 Å². The molecule has 20 heavy (non-hydrogen) atoms. The van der Waals surface area contributed by atoms with Gasteiger partial charge in [-0.2, -0.15) is 5.26 Å². The number of piperazine rings is 1. The molecule has 1 aromatic rings. The van der Waals surface area contributed by atoms with Crippen molar-refractivity contribution in [1.82, 2.24) is 9.80 Å². The molecule has 0 atom stereocenters. The average Bonchev–Trinajstić information content (AvgIpc) is 2.52. The first-order chi connectivity index (χ1) is 9.79. The summed E-state index contributed by atoms with van der Waals surface area (Å²) in [4.78, 5) is 16.2. The Labute approximate surface area is 119 Å². The molecule has 1 aliphatic heterocycles. The highest BCUT2D eigenvalue weighted by atomic mass is 16.2. The number of carbonyl (C=O) groups is 1. The first-order valence-electron chi connectivity index (χ1n) is 6.95. The molecule has 0 aromatic heterocycles. The van der Waals surface area contributed by atoms with E-state index in [2.05, 4.69) is 16.3 Å². The zero-order valence-electron chi connectivity index (χ0n) is 11.6. The summed E-state index contributed by atoms with van der Waals surface area (Å²) in [6, 6.07) is 11.9. The number of nitrogens with one attached hydrogen (secondary N) is 1. The molecule has 0 saturated carbocycles. The lowest BCUT2D eigenvalue weighted by Gasteiger charge is -2.34. The Kier molecular flexibility index (Phi) is 5.39. The first kappa shape index (κ1) is 14.4. The lowest BCUT2D eigenvalue weighted by atomic mass is 10.3. The number of nitriles is 1. The molecular formula is C15H20N4O. The highest BCUT2D eigenvalue weighted by molar-refractivity contribution is 5.81. The van der Waals surface area contributed by atoms with Crippen molar-refractivity contribution in [2.75, 3.05) is 44.6 Å². The fourth-order valence-electron chi connectivity index (χ4n) is 2.27. The smallest absolute Gasteiger partial charge is 0.241 e. The minimum atomic E-state index is 0.133. The van der Waals surface area contributed by atoms with Gasteiger partial charge in [-0.1, -0.05) is 18.2 Å². The fourth-order valence-corrected chi connectivity index (χ4v) is 2.27. The van der Waals surface area contributed by atoms with Crippen molar-refractivity contribution in [3.05, 3.63) is 30.3 Å². The number of amides is 1. The van der Waals surface area contributed by atoms with Gasteiger partial charge in [0, 0.05) is 44.8 Å². The molecule has 5 heteroatoms. The summed E-state index contributed by atoms with van der Waals surface area (Å²) in [6.45, 7) is 4.36. The Hall–Kier alpha value is -2.06. The third-order valence-corrected chi connectivity index (χ3v) is 3.48. The second-order valence-corrected chi connectivity index (χ2v) is 4.85. The van der Waals surface area contributed by atoms with Crippen molar-refractivity contribution < 1.29 is 4.79 Å². The summed E-state index contributed by atoms with van der Waals surface area (Å²) in [7, 11) is 0. The van der Waals surface area contributed by atoms with Crippen molar-refractivity contribution >= 4 is 11.6 Å². The summed E-state index contributed by atoms with van der Waals surface area (Å²) >= 11 is 0. The molecule has 1 saturated heterocycles. The van der Waals surface area contributed by atoms with E-state index in [4.69, 9.17) is 5.26 Å². The summed E-state index contributed by atoms with van der Waals surface area (Å²) in [5.41, 5.74) is 0.966. The quantitative estimate of drug-likeness (QED) is 0.873. The van der Waals surface area contributed by atoms with Crippen LogP contribution < -0.4 is 5.32 Å². The fraction of sp³-hybridized carbons (Fsp3) is 0.467. The van der Waals surface area contributed by atoms with Gasteiger partial charge in [-0.05, 0) is 12.1 Å². The third-order valence-electron chi connectivity index (χ3n) is 3.48. The second kappa shape index (κ2) is 7.51. The molecule has 0 spiro atoms. The summed E-state index contributed by atoms with van der Waals surface area (Å²) in [6.07, 6.45) is 0.559. The van der Waals surface area contributed by atoms with Gasteiger partial charge in [-0.15, -0.1) is 0 Å². The maximum absolute atomic E-state index is 12.1. The van der Waals surface area contributed by atoms with Crippen molar-refractivity contribution in [3.8, 4) is 6.07 Å². The highest BCUT2D eigenvalue weighted by Crippen LogP contribution is 2.06. The van der Waals surface area contributed by atoms with Gasteiger partial charge in [-0.3, -0.25) is 9.69 Å². The monoisotopic (exact) mass is 272 g/mol. The Balaban J connectivity index is 1.71. The number of nitrogens with zero attached hydrogens (tertiary/aromatic N) is 3. The number of benzene rings is 1. The normalized spacial score (nSPS) is 15.7. The van der Waals surface area contributed by atoms with E-state index in [9.17, 15) is 4.79 Å². The van der Waals surface area contributed by atoms with Crippen LogP contribution in [-0.2, 0) is 4.79 Å². The maximum Gasteiger partial charge on any atom is 0.241 e. The van der Waals surface area contributed by atoms with E-state index in [1.54, 1.807) is 0 Å². The minimum Gasteiger partial charge on any atom is -0.376 e. The first-order valence-corrected chi connectivity index (χ1v) is 6.95. The van der Waals surface area contributed by atoms with E-state index < -0.39 is 0 Å². The van der Waals surface area contributed by atoms with Crippen LogP contribution in [0, 0.1) is 11.3 Å². The zero-order valence-corrected chi connectivity index (χ0v) is 11.6. The standard InChI is InChI=1S/C15H20N4O/c16-7-4-8-18-9-11-19(12-10-18)15(20)13-17-14-5-2-1-3-6-14/h1-3,5-6,17H,4,8-13H2. The van der Waals surface area contributed by atoms with Gasteiger partial charge in [-0.25, -0.2) is 0 Å². The summed E-state index contributed by atoms with van der Waals surface area (Å²) in [5, 5.41) is 11.7. The lowest BCUT2D eigenvalue weighted by molar-refractivity contribution is -0.131. The van der Waals surface area contributed by atoms with Crippen molar-refractivity contribution in [2.24, 2.45) is 0 Å². The molecule has 1 amide bonds. The molecular weight excluding hydrogens is 252 g/mol. The van der Waals surface area contributed by atoms with Crippen molar-refractivity contribution in [2.45, 2.75) is 6.42 Å². The Bertz CT molecular complexity index is 461. The second-order valence-electron chi connectivity index (χ2n) is 4.85. The number of hydrogen-bond acceptors (Lipinski definition) is 4. The van der Waals surface area contributed by atoms with Crippen LogP contribution in [0.4, 0.5) is 5.69 Å². The number of carbonyl (C=O) groups excluding carboxylic acids is 1. The summed E-state index contributed by atoms with van der Waals surface area (Å²) < 4.78 is 0. The third kappa shape index (κ3) is 4.25. The van der Waals surface area contributed by atoms with Crippen LogP contribution in [0.5, 0.6) is 0 Å². The number of hydrogen-bond donors (Lipinski definition) is 1. The van der Waals surface area contributed by atoms with E-state index in [0.29, 0.717) is 13.0 Å². The van der Waals surface area contributed by atoms with E-state index in [0.717, 1.165) is 38.4 Å². The topological polar surface area (TPSA) is 59.4 Å². The number of para-hydroxylation sites is 1. The van der Waals surface area contributed by atoms with Gasteiger partial charge in [0.25, 0.3) is 0 Å². The van der Waals surface area contributed by atoms with Gasteiger partial charge in [0.2, 0.25) is 5.91 Å². The molecule has 106 valence electrons. The summed E-state index contributed by atoms with van der Waals surface area (Å²) in [5.74, 6) is 0.133. The SMILES string of the molecule is N#CCCN1CCN(C(=O)CNc2ccccc2)CC1. The molecule has 1 aromatic carbocycles. The Morgan fingerprint density at radius 2 is 1.90 bits per heavy atom. The van der Waals surface area contributed by atoms with Gasteiger partial charge in [0.05, 0.1) is 12.6 Å². The molecule has 0 aliphatic carbocycles. The van der Waals surface area contributed by atoms with Crippen LogP contribution in [0.1, 0.15) is 6.42 Å². The molecule has 0 bridgehead atoms. The van der Waals surface area contributed by atoms with E-state index >= 15 is 0 Å². The van der Waals surface area contributed by atoms with Gasteiger partial charge < -0.3 is 10.2 Å². The van der Waals surface area contributed by atoms with E-state index in [-0.39, 0.29) is 5.91 Å². The van der Waals surface area contributed by atoms with Crippen LogP contribution in [0.25, 0.3) is 0 Å². The number of rotatable bonds is 5. The molecule has 0 radical (unpaired) electrons. The predicted molar refractivity (Wildman–Crippen MR) is 78.2 cm³/mol. The Morgan fingerprint density at radius 3 is 2.55 bits per heavy atom. The zero-order chi connectivity index (χ0) is 14.2. The molecule has 2 rings (SSSR count). The van der Waals surface area contributed by atoms with Crippen LogP contribution >= 0.6 is 0 Å². The van der Waals surface area contributed by atoms with Crippen LogP contribution in [-0.4, -0.2) is 55.0 Å². The van der Waals surface area contributed by atoms with Gasteiger partial charge in [0.1, 0.15) is 0 Å². The van der Waals surface area contributed by atoms with E-state index in [1.807, 2.05) is 35.2 Å². The molecule has 1 N–H and O–H groups in total. The van der Waals surface area contributed by atoms with Gasteiger partial charge >= 0.3 is 0 Å². The average molecular weight is 272 g/mol. The maximum atomic E-state index is 12.1. The minimum absolute atomic E-state index is 0.133. The Morgan fingerprint density at radius 1 is 1.20 bits per heavy atom. The predicted octanol–water partition coefficient (Wildman–Crippen LogP) is 1.16.